The largest absolute Gasteiger partial charge is 0.481 e. The molecule has 0 bridgehead atoms. The average Bonchev–Trinajstić information content (AvgIpc) is 2.46. The van der Waals surface area contributed by atoms with Gasteiger partial charge in [-0.1, -0.05) is 29.8 Å². The smallest absolute Gasteiger partial charge is 0.311 e. The predicted octanol–water partition coefficient (Wildman–Crippen LogP) is 3.93. The zero-order valence-corrected chi connectivity index (χ0v) is 13.4. The second-order valence-electron chi connectivity index (χ2n) is 5.82. The second kappa shape index (κ2) is 6.60. The summed E-state index contributed by atoms with van der Waals surface area (Å²) >= 11 is 0. The van der Waals surface area contributed by atoms with Gasteiger partial charge in [-0.2, -0.15) is 0 Å². The van der Waals surface area contributed by atoms with Crippen molar-refractivity contribution in [1.29, 1.82) is 0 Å². The average molecular weight is 313 g/mol. The van der Waals surface area contributed by atoms with Gasteiger partial charge < -0.3 is 5.11 Å². The molecule has 5 heteroatoms. The van der Waals surface area contributed by atoms with E-state index in [4.69, 9.17) is 0 Å². The fraction of sp³-hybridized carbons (Fsp3) is 0.278. The number of rotatable bonds is 5. The van der Waals surface area contributed by atoms with E-state index in [1.807, 2.05) is 32.9 Å². The van der Waals surface area contributed by atoms with E-state index in [-0.39, 0.29) is 5.69 Å². The molecule has 0 aliphatic carbocycles. The van der Waals surface area contributed by atoms with Crippen LogP contribution in [0.3, 0.4) is 0 Å². The van der Waals surface area contributed by atoms with Crippen molar-refractivity contribution in [2.45, 2.75) is 33.1 Å². The lowest BCUT2D eigenvalue weighted by Crippen LogP contribution is -2.16. The van der Waals surface area contributed by atoms with E-state index in [1.165, 1.54) is 24.3 Å². The Morgan fingerprint density at radius 3 is 2.09 bits per heavy atom. The molecule has 0 heterocycles. The molecule has 0 amide bonds. The number of hydrogen-bond donors (Lipinski definition) is 1. The molecule has 0 fully saturated rings. The minimum Gasteiger partial charge on any atom is -0.481 e. The van der Waals surface area contributed by atoms with Crippen molar-refractivity contribution in [2.24, 2.45) is 0 Å². The maximum atomic E-state index is 11.7. The Morgan fingerprint density at radius 2 is 1.65 bits per heavy atom. The lowest BCUT2D eigenvalue weighted by molar-refractivity contribution is -0.384. The summed E-state index contributed by atoms with van der Waals surface area (Å²) in [4.78, 5) is 21.9. The highest BCUT2D eigenvalue weighted by Gasteiger charge is 2.23. The third-order valence-corrected chi connectivity index (χ3v) is 4.05. The van der Waals surface area contributed by atoms with Crippen LogP contribution in [0.15, 0.2) is 36.4 Å². The van der Waals surface area contributed by atoms with Crippen LogP contribution >= 0.6 is 0 Å². The van der Waals surface area contributed by atoms with Crippen LogP contribution in [0.4, 0.5) is 5.69 Å². The molecule has 0 aliphatic rings. The molecule has 2 aromatic rings. The molecular formula is C18H19NO4. The predicted molar refractivity (Wildman–Crippen MR) is 87.8 cm³/mol. The topological polar surface area (TPSA) is 80.4 Å². The maximum Gasteiger partial charge on any atom is 0.311 e. The molecular weight excluding hydrogens is 294 g/mol. The molecule has 0 spiro atoms. The number of non-ortho nitro benzene ring substituents is 1. The third kappa shape index (κ3) is 3.74. The molecule has 0 aliphatic heterocycles. The summed E-state index contributed by atoms with van der Waals surface area (Å²) in [6.45, 7) is 5.96. The zero-order valence-electron chi connectivity index (χ0n) is 13.4. The summed E-state index contributed by atoms with van der Waals surface area (Å²) in [5.41, 5.74) is 4.82. The standard InChI is InChI=1S/C18H19NO4/c1-11-8-12(2)16(13(3)9-11)10-17(18(20)21)14-4-6-15(7-5-14)19(22)23/h4-9,17H,10H2,1-3H3,(H,20,21). The quantitative estimate of drug-likeness (QED) is 0.670. The summed E-state index contributed by atoms with van der Waals surface area (Å²) in [6, 6.07) is 9.82. The number of nitro groups is 1. The molecule has 0 radical (unpaired) electrons. The number of carbonyl (C=O) groups is 1. The minimum atomic E-state index is -0.932. The van der Waals surface area contributed by atoms with E-state index in [2.05, 4.69) is 0 Å². The van der Waals surface area contributed by atoms with Crippen LogP contribution in [-0.4, -0.2) is 16.0 Å². The molecule has 1 unspecified atom stereocenters. The van der Waals surface area contributed by atoms with Crippen molar-refractivity contribution in [1.82, 2.24) is 0 Å². The van der Waals surface area contributed by atoms with Crippen molar-refractivity contribution >= 4 is 11.7 Å². The number of benzene rings is 2. The molecule has 0 saturated heterocycles. The third-order valence-electron chi connectivity index (χ3n) is 4.05. The summed E-state index contributed by atoms with van der Waals surface area (Å²) in [5, 5.41) is 20.3. The molecule has 0 aromatic heterocycles. The minimum absolute atomic E-state index is 0.0411. The first kappa shape index (κ1) is 16.7. The van der Waals surface area contributed by atoms with E-state index < -0.39 is 16.8 Å². The Labute approximate surface area is 134 Å². The van der Waals surface area contributed by atoms with Gasteiger partial charge in [0.1, 0.15) is 0 Å². The number of carboxylic acids is 1. The lowest BCUT2D eigenvalue weighted by atomic mass is 9.87. The van der Waals surface area contributed by atoms with Gasteiger partial charge in [-0.3, -0.25) is 14.9 Å². The highest BCUT2D eigenvalue weighted by molar-refractivity contribution is 5.77. The SMILES string of the molecule is Cc1cc(C)c(CC(C(=O)O)c2ccc([N+](=O)[O-])cc2)c(C)c1. The van der Waals surface area contributed by atoms with Gasteiger partial charge in [-0.05, 0) is 49.4 Å². The maximum absolute atomic E-state index is 11.7. The fourth-order valence-electron chi connectivity index (χ4n) is 2.91. The highest BCUT2D eigenvalue weighted by Crippen LogP contribution is 2.27. The number of aliphatic carboxylic acids is 1. The second-order valence-corrected chi connectivity index (χ2v) is 5.82. The lowest BCUT2D eigenvalue weighted by Gasteiger charge is -2.17. The Hall–Kier alpha value is -2.69. The van der Waals surface area contributed by atoms with Gasteiger partial charge in [0.05, 0.1) is 10.8 Å². The van der Waals surface area contributed by atoms with Crippen LogP contribution in [0.2, 0.25) is 0 Å². The molecule has 1 atom stereocenters. The number of hydrogen-bond acceptors (Lipinski definition) is 3. The van der Waals surface area contributed by atoms with Gasteiger partial charge in [0, 0.05) is 12.1 Å². The van der Waals surface area contributed by atoms with Crippen molar-refractivity contribution in [3.05, 3.63) is 74.3 Å². The van der Waals surface area contributed by atoms with Crippen molar-refractivity contribution in [3.63, 3.8) is 0 Å². The number of aryl methyl sites for hydroxylation is 3. The first-order valence-corrected chi connectivity index (χ1v) is 7.33. The van der Waals surface area contributed by atoms with Crippen molar-refractivity contribution in [2.75, 3.05) is 0 Å². The van der Waals surface area contributed by atoms with Gasteiger partial charge in [-0.15, -0.1) is 0 Å². The van der Waals surface area contributed by atoms with Crippen LogP contribution in [0.25, 0.3) is 0 Å². The first-order chi connectivity index (χ1) is 10.8. The summed E-state index contributed by atoms with van der Waals surface area (Å²) in [6.07, 6.45) is 0.366. The normalized spacial score (nSPS) is 12.0. The van der Waals surface area contributed by atoms with Crippen LogP contribution < -0.4 is 0 Å². The molecule has 2 rings (SSSR count). The van der Waals surface area contributed by atoms with Gasteiger partial charge in [-0.25, -0.2) is 0 Å². The van der Waals surface area contributed by atoms with E-state index in [1.54, 1.807) is 0 Å². The summed E-state index contributed by atoms with van der Waals surface area (Å²) in [5.74, 6) is -1.66. The van der Waals surface area contributed by atoms with E-state index in [0.29, 0.717) is 12.0 Å². The van der Waals surface area contributed by atoms with Crippen molar-refractivity contribution < 1.29 is 14.8 Å². The highest BCUT2D eigenvalue weighted by atomic mass is 16.6. The Kier molecular flexibility index (Phi) is 4.79. The summed E-state index contributed by atoms with van der Waals surface area (Å²) < 4.78 is 0. The van der Waals surface area contributed by atoms with Crippen LogP contribution in [0.1, 0.15) is 33.7 Å². The van der Waals surface area contributed by atoms with Gasteiger partial charge in [0.25, 0.3) is 5.69 Å². The molecule has 0 saturated carbocycles. The zero-order chi connectivity index (χ0) is 17.1. The van der Waals surface area contributed by atoms with E-state index in [0.717, 1.165) is 22.3 Å². The van der Waals surface area contributed by atoms with Crippen LogP contribution in [0.5, 0.6) is 0 Å². The molecule has 5 nitrogen and oxygen atoms in total. The van der Waals surface area contributed by atoms with E-state index in [9.17, 15) is 20.0 Å². The number of nitrogens with zero attached hydrogens (tertiary/aromatic N) is 1. The van der Waals surface area contributed by atoms with Gasteiger partial charge in [0.15, 0.2) is 0 Å². The monoisotopic (exact) mass is 313 g/mol. The molecule has 1 N–H and O–H groups in total. The fourth-order valence-corrected chi connectivity index (χ4v) is 2.91. The Morgan fingerprint density at radius 1 is 1.13 bits per heavy atom. The van der Waals surface area contributed by atoms with Crippen molar-refractivity contribution in [3.8, 4) is 0 Å². The molecule has 120 valence electrons. The number of carboxylic acid groups (broad SMARTS) is 1. The van der Waals surface area contributed by atoms with Crippen LogP contribution in [0, 0.1) is 30.9 Å². The number of nitro benzene ring substituents is 1. The van der Waals surface area contributed by atoms with Crippen LogP contribution in [-0.2, 0) is 11.2 Å². The van der Waals surface area contributed by atoms with Gasteiger partial charge >= 0.3 is 5.97 Å². The van der Waals surface area contributed by atoms with Gasteiger partial charge in [0.2, 0.25) is 0 Å². The van der Waals surface area contributed by atoms with E-state index >= 15 is 0 Å². The first-order valence-electron chi connectivity index (χ1n) is 7.33. The summed E-state index contributed by atoms with van der Waals surface area (Å²) in [7, 11) is 0. The Bertz CT molecular complexity index is 727. The molecule has 23 heavy (non-hydrogen) atoms. The molecule has 2 aromatic carbocycles. The Balaban J connectivity index is 2.37.